The summed E-state index contributed by atoms with van der Waals surface area (Å²) in [5, 5.41) is 11.9. The highest BCUT2D eigenvalue weighted by Crippen LogP contribution is 2.29. The third-order valence-corrected chi connectivity index (χ3v) is 2.60. The molecular weight excluding hydrogens is 252 g/mol. The molecular formula is C13H11ClN2O2. The Morgan fingerprint density at radius 2 is 1.89 bits per heavy atom. The molecule has 0 saturated heterocycles. The molecule has 92 valence electrons. The van der Waals surface area contributed by atoms with Gasteiger partial charge in [0.05, 0.1) is 5.02 Å². The van der Waals surface area contributed by atoms with Crippen LogP contribution in [0.1, 0.15) is 5.56 Å². The molecule has 0 radical (unpaired) electrons. The van der Waals surface area contributed by atoms with Gasteiger partial charge in [-0.05, 0) is 30.3 Å². The van der Waals surface area contributed by atoms with Gasteiger partial charge in [0, 0.05) is 5.56 Å². The van der Waals surface area contributed by atoms with E-state index in [2.05, 4.69) is 5.16 Å². The lowest BCUT2D eigenvalue weighted by atomic mass is 10.2. The summed E-state index contributed by atoms with van der Waals surface area (Å²) in [5.74, 6) is 1.21. The molecule has 0 bridgehead atoms. The van der Waals surface area contributed by atoms with Gasteiger partial charge in [-0.25, -0.2) is 0 Å². The highest BCUT2D eigenvalue weighted by Gasteiger charge is 2.06. The quantitative estimate of drug-likeness (QED) is 0.386. The molecule has 0 fully saturated rings. The Morgan fingerprint density at radius 3 is 2.50 bits per heavy atom. The van der Waals surface area contributed by atoms with Crippen molar-refractivity contribution < 1.29 is 9.94 Å². The van der Waals surface area contributed by atoms with E-state index >= 15 is 0 Å². The van der Waals surface area contributed by atoms with Crippen molar-refractivity contribution in [2.45, 2.75) is 0 Å². The van der Waals surface area contributed by atoms with Crippen LogP contribution in [-0.4, -0.2) is 11.0 Å². The summed E-state index contributed by atoms with van der Waals surface area (Å²) in [5.41, 5.74) is 6.00. The monoisotopic (exact) mass is 262 g/mol. The van der Waals surface area contributed by atoms with E-state index in [1.54, 1.807) is 18.2 Å². The highest BCUT2D eigenvalue weighted by molar-refractivity contribution is 6.32. The smallest absolute Gasteiger partial charge is 0.170 e. The lowest BCUT2D eigenvalue weighted by Gasteiger charge is -2.08. The van der Waals surface area contributed by atoms with E-state index < -0.39 is 0 Å². The van der Waals surface area contributed by atoms with Gasteiger partial charge >= 0.3 is 0 Å². The van der Waals surface area contributed by atoms with Crippen molar-refractivity contribution >= 4 is 17.4 Å². The molecule has 2 rings (SSSR count). The van der Waals surface area contributed by atoms with E-state index in [0.717, 1.165) is 0 Å². The molecule has 0 saturated carbocycles. The summed E-state index contributed by atoms with van der Waals surface area (Å²) < 4.78 is 5.60. The number of hydrogen-bond donors (Lipinski definition) is 2. The van der Waals surface area contributed by atoms with Crippen LogP contribution in [0, 0.1) is 0 Å². The number of benzene rings is 2. The predicted octanol–water partition coefficient (Wildman–Crippen LogP) is 3.23. The Kier molecular flexibility index (Phi) is 3.69. The van der Waals surface area contributed by atoms with Crippen molar-refractivity contribution in [3.8, 4) is 11.5 Å². The van der Waals surface area contributed by atoms with Gasteiger partial charge < -0.3 is 15.7 Å². The van der Waals surface area contributed by atoms with Crippen molar-refractivity contribution in [3.05, 3.63) is 59.1 Å². The van der Waals surface area contributed by atoms with Crippen LogP contribution in [0.3, 0.4) is 0 Å². The largest absolute Gasteiger partial charge is 0.456 e. The van der Waals surface area contributed by atoms with Crippen molar-refractivity contribution in [2.24, 2.45) is 10.9 Å². The highest BCUT2D eigenvalue weighted by atomic mass is 35.5. The number of nitrogens with zero attached hydrogens (tertiary/aromatic N) is 1. The van der Waals surface area contributed by atoms with Crippen molar-refractivity contribution in [2.75, 3.05) is 0 Å². The summed E-state index contributed by atoms with van der Waals surface area (Å²) in [6, 6.07) is 14.2. The number of oxime groups is 1. The first kappa shape index (κ1) is 12.3. The number of ether oxygens (including phenoxy) is 1. The van der Waals surface area contributed by atoms with Gasteiger partial charge in [-0.3, -0.25) is 0 Å². The minimum absolute atomic E-state index is 0.00293. The summed E-state index contributed by atoms with van der Waals surface area (Å²) in [6.45, 7) is 0. The Morgan fingerprint density at radius 1 is 1.17 bits per heavy atom. The number of amidine groups is 1. The van der Waals surface area contributed by atoms with Gasteiger partial charge in [-0.15, -0.1) is 0 Å². The lowest BCUT2D eigenvalue weighted by molar-refractivity contribution is 0.318. The first-order chi connectivity index (χ1) is 8.70. The van der Waals surface area contributed by atoms with Crippen LogP contribution >= 0.6 is 11.6 Å². The Hall–Kier alpha value is -2.20. The van der Waals surface area contributed by atoms with Gasteiger partial charge in [0.2, 0.25) is 0 Å². The molecule has 4 nitrogen and oxygen atoms in total. The summed E-state index contributed by atoms with van der Waals surface area (Å²) in [6.07, 6.45) is 0. The van der Waals surface area contributed by atoms with E-state index in [1.165, 1.54) is 0 Å². The van der Waals surface area contributed by atoms with Crippen molar-refractivity contribution in [1.29, 1.82) is 0 Å². The molecule has 5 heteroatoms. The van der Waals surface area contributed by atoms with Gasteiger partial charge in [0.1, 0.15) is 11.5 Å². The van der Waals surface area contributed by atoms with Crippen LogP contribution in [0.2, 0.25) is 5.02 Å². The normalized spacial score (nSPS) is 11.3. The second-order valence-corrected chi connectivity index (χ2v) is 3.95. The first-order valence-corrected chi connectivity index (χ1v) is 5.59. The predicted molar refractivity (Wildman–Crippen MR) is 70.5 cm³/mol. The van der Waals surface area contributed by atoms with Gasteiger partial charge in [0.15, 0.2) is 5.84 Å². The summed E-state index contributed by atoms with van der Waals surface area (Å²) in [4.78, 5) is 0. The lowest BCUT2D eigenvalue weighted by Crippen LogP contribution is -2.12. The van der Waals surface area contributed by atoms with Crippen LogP contribution in [-0.2, 0) is 0 Å². The summed E-state index contributed by atoms with van der Waals surface area (Å²) >= 11 is 6.06. The fraction of sp³-hybridized carbons (Fsp3) is 0. The number of halogens is 1. The third kappa shape index (κ3) is 2.73. The van der Waals surface area contributed by atoms with E-state index in [0.29, 0.717) is 22.1 Å². The zero-order chi connectivity index (χ0) is 13.0. The molecule has 2 aromatic rings. The number of nitrogens with two attached hydrogens (primary N) is 1. The minimum Gasteiger partial charge on any atom is -0.456 e. The molecule has 0 spiro atoms. The maximum absolute atomic E-state index is 8.57. The number of rotatable bonds is 3. The Bertz CT molecular complexity index is 570. The second kappa shape index (κ2) is 5.42. The molecule has 0 amide bonds. The number of para-hydroxylation sites is 1. The van der Waals surface area contributed by atoms with Gasteiger partial charge in [-0.2, -0.15) is 0 Å². The molecule has 0 aliphatic heterocycles. The molecule has 0 aliphatic rings. The maximum atomic E-state index is 8.57. The van der Waals surface area contributed by atoms with Crippen LogP contribution in [0.4, 0.5) is 0 Å². The number of hydrogen-bond acceptors (Lipinski definition) is 3. The molecule has 0 unspecified atom stereocenters. The van der Waals surface area contributed by atoms with Gasteiger partial charge in [0.25, 0.3) is 0 Å². The standard InChI is InChI=1S/C13H11ClN2O2/c14-11-8-9(13(15)16-17)6-7-12(11)18-10-4-2-1-3-5-10/h1-8,17H,(H2,15,16). The molecule has 0 heterocycles. The van der Waals surface area contributed by atoms with Crippen LogP contribution < -0.4 is 10.5 Å². The fourth-order valence-electron chi connectivity index (χ4n) is 1.42. The van der Waals surface area contributed by atoms with E-state index in [-0.39, 0.29) is 5.84 Å². The van der Waals surface area contributed by atoms with Gasteiger partial charge in [-0.1, -0.05) is 35.0 Å². The molecule has 0 aromatic heterocycles. The van der Waals surface area contributed by atoms with Crippen molar-refractivity contribution in [1.82, 2.24) is 0 Å². The zero-order valence-corrected chi connectivity index (χ0v) is 10.1. The van der Waals surface area contributed by atoms with Crippen molar-refractivity contribution in [3.63, 3.8) is 0 Å². The first-order valence-electron chi connectivity index (χ1n) is 5.21. The topological polar surface area (TPSA) is 67.8 Å². The Labute approximate surface area is 109 Å². The summed E-state index contributed by atoms with van der Waals surface area (Å²) in [7, 11) is 0. The van der Waals surface area contributed by atoms with E-state index in [9.17, 15) is 0 Å². The second-order valence-electron chi connectivity index (χ2n) is 3.55. The molecule has 0 aliphatic carbocycles. The third-order valence-electron chi connectivity index (χ3n) is 2.31. The molecule has 2 aromatic carbocycles. The Balaban J connectivity index is 2.26. The minimum atomic E-state index is 0.00293. The van der Waals surface area contributed by atoms with Crippen LogP contribution in [0.25, 0.3) is 0 Å². The van der Waals surface area contributed by atoms with Crippen LogP contribution in [0.5, 0.6) is 11.5 Å². The molecule has 0 atom stereocenters. The van der Waals surface area contributed by atoms with E-state index in [4.69, 9.17) is 27.3 Å². The zero-order valence-electron chi connectivity index (χ0n) is 9.38. The molecule has 18 heavy (non-hydrogen) atoms. The average Bonchev–Trinajstić information content (AvgIpc) is 2.41. The average molecular weight is 263 g/mol. The molecule has 3 N–H and O–H groups in total. The SMILES string of the molecule is NC(=NO)c1ccc(Oc2ccccc2)c(Cl)c1. The van der Waals surface area contributed by atoms with Crippen LogP contribution in [0.15, 0.2) is 53.7 Å². The van der Waals surface area contributed by atoms with E-state index in [1.807, 2.05) is 30.3 Å². The fourth-order valence-corrected chi connectivity index (χ4v) is 1.64. The maximum Gasteiger partial charge on any atom is 0.170 e.